The molecule has 2 aromatic carbocycles. The predicted octanol–water partition coefficient (Wildman–Crippen LogP) is 5.28. The van der Waals surface area contributed by atoms with Crippen molar-refractivity contribution in [2.24, 2.45) is 0 Å². The molecule has 0 aliphatic carbocycles. The van der Waals surface area contributed by atoms with Crippen LogP contribution in [0.15, 0.2) is 30.3 Å². The van der Waals surface area contributed by atoms with E-state index in [1.165, 1.54) is 17.4 Å². The number of fused-ring (bicyclic) bond motifs is 1. The Balaban J connectivity index is 1.70. The number of aromatic nitrogens is 1. The molecule has 0 aliphatic rings. The van der Waals surface area contributed by atoms with Gasteiger partial charge < -0.3 is 9.47 Å². The van der Waals surface area contributed by atoms with Crippen LogP contribution >= 0.6 is 46.1 Å². The Hall–Kier alpha value is -1.73. The molecular weight excluding hydrogens is 407 g/mol. The van der Waals surface area contributed by atoms with E-state index in [2.05, 4.69) is 10.3 Å². The number of thiazole rings is 1. The molecule has 0 bridgehead atoms. The van der Waals surface area contributed by atoms with Crippen molar-refractivity contribution >= 4 is 67.4 Å². The molecular formula is C16H11Cl3N2O3S. The highest BCUT2D eigenvalue weighted by Crippen LogP contribution is 2.37. The van der Waals surface area contributed by atoms with Gasteiger partial charge in [0.1, 0.15) is 17.0 Å². The first kappa shape index (κ1) is 18.1. The minimum Gasteiger partial charge on any atom is -0.494 e. The van der Waals surface area contributed by atoms with E-state index in [0.717, 1.165) is 4.70 Å². The van der Waals surface area contributed by atoms with Crippen LogP contribution in [-0.2, 0) is 4.79 Å². The molecule has 3 rings (SSSR count). The van der Waals surface area contributed by atoms with Gasteiger partial charge in [-0.05, 0) is 30.3 Å². The van der Waals surface area contributed by atoms with E-state index in [-0.39, 0.29) is 12.5 Å². The second kappa shape index (κ2) is 7.66. The molecule has 0 saturated carbocycles. The highest BCUT2D eigenvalue weighted by Gasteiger charge is 2.14. The summed E-state index contributed by atoms with van der Waals surface area (Å²) in [6, 6.07) is 8.21. The molecule has 0 spiro atoms. The Morgan fingerprint density at radius 1 is 1.16 bits per heavy atom. The smallest absolute Gasteiger partial charge is 0.264 e. The van der Waals surface area contributed by atoms with Crippen LogP contribution < -0.4 is 14.8 Å². The second-order valence-corrected chi connectivity index (χ2v) is 7.11. The van der Waals surface area contributed by atoms with E-state index in [0.29, 0.717) is 37.2 Å². The summed E-state index contributed by atoms with van der Waals surface area (Å²) in [4.78, 5) is 16.4. The fourth-order valence-corrected chi connectivity index (χ4v) is 3.70. The fourth-order valence-electron chi connectivity index (χ4n) is 2.06. The van der Waals surface area contributed by atoms with Crippen molar-refractivity contribution in [3.05, 3.63) is 45.4 Å². The average Bonchev–Trinajstić information content (AvgIpc) is 2.99. The molecule has 9 heteroatoms. The van der Waals surface area contributed by atoms with Gasteiger partial charge in [0.2, 0.25) is 0 Å². The number of methoxy groups -OCH3 is 1. The maximum atomic E-state index is 12.1. The quantitative estimate of drug-likeness (QED) is 0.613. The van der Waals surface area contributed by atoms with Crippen LogP contribution in [0.2, 0.25) is 15.1 Å². The van der Waals surface area contributed by atoms with Crippen molar-refractivity contribution < 1.29 is 14.3 Å². The van der Waals surface area contributed by atoms with Crippen molar-refractivity contribution in [3.63, 3.8) is 0 Å². The van der Waals surface area contributed by atoms with Crippen LogP contribution in [0.1, 0.15) is 0 Å². The molecule has 5 nitrogen and oxygen atoms in total. The summed E-state index contributed by atoms with van der Waals surface area (Å²) in [6.45, 7) is -0.220. The third kappa shape index (κ3) is 4.10. The summed E-state index contributed by atoms with van der Waals surface area (Å²) in [7, 11) is 1.55. The summed E-state index contributed by atoms with van der Waals surface area (Å²) >= 11 is 19.2. The van der Waals surface area contributed by atoms with Crippen LogP contribution in [-0.4, -0.2) is 24.6 Å². The monoisotopic (exact) mass is 416 g/mol. The molecule has 0 saturated heterocycles. The van der Waals surface area contributed by atoms with Crippen LogP contribution in [0.25, 0.3) is 10.2 Å². The number of hydrogen-bond acceptors (Lipinski definition) is 5. The first-order valence-electron chi connectivity index (χ1n) is 6.98. The molecule has 1 heterocycles. The molecule has 25 heavy (non-hydrogen) atoms. The van der Waals surface area contributed by atoms with Crippen LogP contribution in [0.3, 0.4) is 0 Å². The second-order valence-electron chi connectivity index (χ2n) is 4.86. The molecule has 1 amide bonds. The van der Waals surface area contributed by atoms with E-state index in [9.17, 15) is 4.79 Å². The maximum absolute atomic E-state index is 12.1. The lowest BCUT2D eigenvalue weighted by Gasteiger charge is -2.07. The van der Waals surface area contributed by atoms with Gasteiger partial charge in [-0.1, -0.05) is 46.1 Å². The highest BCUT2D eigenvalue weighted by atomic mass is 35.5. The van der Waals surface area contributed by atoms with Gasteiger partial charge in [0.25, 0.3) is 5.91 Å². The first-order chi connectivity index (χ1) is 12.0. The van der Waals surface area contributed by atoms with Gasteiger partial charge in [-0.2, -0.15) is 0 Å². The Kier molecular flexibility index (Phi) is 5.54. The highest BCUT2D eigenvalue weighted by molar-refractivity contribution is 7.23. The zero-order valence-electron chi connectivity index (χ0n) is 12.8. The van der Waals surface area contributed by atoms with Gasteiger partial charge in [-0.3, -0.25) is 10.1 Å². The first-order valence-corrected chi connectivity index (χ1v) is 8.93. The van der Waals surface area contributed by atoms with Crippen molar-refractivity contribution in [1.29, 1.82) is 0 Å². The molecule has 3 aromatic rings. The maximum Gasteiger partial charge on any atom is 0.264 e. The molecule has 0 radical (unpaired) electrons. The molecule has 0 unspecified atom stereocenters. The van der Waals surface area contributed by atoms with E-state index >= 15 is 0 Å². The summed E-state index contributed by atoms with van der Waals surface area (Å²) in [6.07, 6.45) is 0. The normalized spacial score (nSPS) is 10.7. The third-order valence-electron chi connectivity index (χ3n) is 3.18. The predicted molar refractivity (Wildman–Crippen MR) is 102 cm³/mol. The molecule has 130 valence electrons. The Labute approximate surface area is 162 Å². The number of rotatable bonds is 5. The number of anilines is 1. The standard InChI is InChI=1S/C16H11Cl3N2O3S/c1-23-12-5-3-9(18)15-14(12)21-16(25-15)20-13(22)7-24-11-4-2-8(17)6-10(11)19/h2-6H,7H2,1H3,(H,20,21,22). The molecule has 1 aromatic heterocycles. The van der Waals surface area contributed by atoms with E-state index < -0.39 is 0 Å². The van der Waals surface area contributed by atoms with E-state index in [4.69, 9.17) is 44.3 Å². The van der Waals surface area contributed by atoms with Gasteiger partial charge >= 0.3 is 0 Å². The van der Waals surface area contributed by atoms with Crippen molar-refractivity contribution in [1.82, 2.24) is 4.98 Å². The SMILES string of the molecule is COc1ccc(Cl)c2sc(NC(=O)COc3ccc(Cl)cc3Cl)nc12. The third-order valence-corrected chi connectivity index (χ3v) is 5.14. The van der Waals surface area contributed by atoms with Crippen LogP contribution in [0.4, 0.5) is 5.13 Å². The number of amides is 1. The van der Waals surface area contributed by atoms with Crippen LogP contribution in [0, 0.1) is 0 Å². The minimum absolute atomic E-state index is 0.220. The number of nitrogens with zero attached hydrogens (tertiary/aromatic N) is 1. The number of carbonyl (C=O) groups excluding carboxylic acids is 1. The summed E-state index contributed by atoms with van der Waals surface area (Å²) in [5.41, 5.74) is 0.594. The van der Waals surface area contributed by atoms with Gasteiger partial charge in [-0.25, -0.2) is 4.98 Å². The topological polar surface area (TPSA) is 60.5 Å². The molecule has 0 fully saturated rings. The number of nitrogens with one attached hydrogen (secondary N) is 1. The lowest BCUT2D eigenvalue weighted by Crippen LogP contribution is -2.20. The Bertz CT molecular complexity index is 946. The lowest BCUT2D eigenvalue weighted by molar-refractivity contribution is -0.118. The van der Waals surface area contributed by atoms with E-state index in [1.807, 2.05) is 0 Å². The van der Waals surface area contributed by atoms with Gasteiger partial charge in [-0.15, -0.1) is 0 Å². The van der Waals surface area contributed by atoms with Gasteiger partial charge in [0.05, 0.1) is 21.9 Å². The zero-order chi connectivity index (χ0) is 18.0. The Morgan fingerprint density at radius 2 is 1.92 bits per heavy atom. The average molecular weight is 418 g/mol. The van der Waals surface area contributed by atoms with Gasteiger partial charge in [0, 0.05) is 5.02 Å². The zero-order valence-corrected chi connectivity index (χ0v) is 15.9. The molecule has 0 atom stereocenters. The van der Waals surface area contributed by atoms with Crippen molar-refractivity contribution in [3.8, 4) is 11.5 Å². The van der Waals surface area contributed by atoms with Crippen LogP contribution in [0.5, 0.6) is 11.5 Å². The summed E-state index contributed by atoms with van der Waals surface area (Å²) < 4.78 is 11.4. The van der Waals surface area contributed by atoms with Gasteiger partial charge in [0.15, 0.2) is 11.7 Å². The number of ether oxygens (including phenoxy) is 2. The van der Waals surface area contributed by atoms with E-state index in [1.54, 1.807) is 31.4 Å². The number of hydrogen-bond donors (Lipinski definition) is 1. The number of carbonyl (C=O) groups is 1. The van der Waals surface area contributed by atoms with Crippen molar-refractivity contribution in [2.75, 3.05) is 19.0 Å². The molecule has 0 aliphatic heterocycles. The summed E-state index contributed by atoms with van der Waals surface area (Å²) in [5, 5.41) is 4.43. The number of benzene rings is 2. The number of halogens is 3. The summed E-state index contributed by atoms with van der Waals surface area (Å²) in [5.74, 6) is 0.579. The largest absolute Gasteiger partial charge is 0.494 e. The lowest BCUT2D eigenvalue weighted by atomic mass is 10.3. The minimum atomic E-state index is -0.375. The Morgan fingerprint density at radius 3 is 2.64 bits per heavy atom. The molecule has 1 N–H and O–H groups in total. The van der Waals surface area contributed by atoms with Crippen molar-refractivity contribution in [2.45, 2.75) is 0 Å². The fraction of sp³-hybridized carbons (Fsp3) is 0.125.